The number of para-hydroxylation sites is 3. The highest BCUT2D eigenvalue weighted by atomic mass is 16.3. The number of aromatic nitrogens is 4. The fraction of sp³-hybridized carbons (Fsp3) is 0.0392. The third-order valence-electron chi connectivity index (χ3n) is 11.4. The molecule has 57 heavy (non-hydrogen) atoms. The van der Waals surface area contributed by atoms with E-state index in [9.17, 15) is 0 Å². The molecule has 4 heterocycles. The van der Waals surface area contributed by atoms with Crippen LogP contribution < -0.4 is 0 Å². The van der Waals surface area contributed by atoms with Crippen molar-refractivity contribution in [3.8, 4) is 39.6 Å². The Morgan fingerprint density at radius 1 is 0.491 bits per heavy atom. The van der Waals surface area contributed by atoms with Crippen LogP contribution in [0.4, 0.5) is 0 Å². The minimum absolute atomic E-state index is 0.0637. The molecule has 1 atom stereocenters. The Labute approximate surface area is 326 Å². The van der Waals surface area contributed by atoms with Crippen molar-refractivity contribution in [3.63, 3.8) is 0 Å². The van der Waals surface area contributed by atoms with Gasteiger partial charge in [-0.15, -0.1) is 0 Å². The SMILES string of the molecule is C1=CCC(c2nc(-c3ccccc3)nc(-c3cccc4c3oc3cc(-c5cccc6oc7cccc(-n8c9ccccc9c9ccccc98)c7c56)ccc34)n2)C=C1. The summed E-state index contributed by atoms with van der Waals surface area (Å²) >= 11 is 0. The van der Waals surface area contributed by atoms with Gasteiger partial charge < -0.3 is 13.4 Å². The standard InChI is InChI=1S/C51H32N4O2/c1-3-14-31(15-4-1)49-52-50(32-16-5-2-6-17-32)54-51(53-49)39-22-11-21-38-37-29-28-33(30-45(37)57-48(38)39)34-20-12-26-43-46(34)47-42(25-13-27-44(47)56-43)55-40-23-9-7-18-35(40)36-19-8-10-24-41(36)55/h1-16,18-30,32H,17H2. The molecule has 6 heteroatoms. The third kappa shape index (κ3) is 4.94. The first-order valence-corrected chi connectivity index (χ1v) is 19.3. The van der Waals surface area contributed by atoms with Gasteiger partial charge in [-0.05, 0) is 66.1 Å². The fourth-order valence-corrected chi connectivity index (χ4v) is 8.77. The van der Waals surface area contributed by atoms with Gasteiger partial charge in [0.15, 0.2) is 11.6 Å². The lowest BCUT2D eigenvalue weighted by Crippen LogP contribution is -2.07. The molecule has 268 valence electrons. The second-order valence-electron chi connectivity index (χ2n) is 14.7. The normalized spacial score (nSPS) is 14.3. The fourth-order valence-electron chi connectivity index (χ4n) is 8.77. The summed E-state index contributed by atoms with van der Waals surface area (Å²) in [7, 11) is 0. The van der Waals surface area contributed by atoms with E-state index >= 15 is 0 Å². The molecule has 0 radical (unpaired) electrons. The Hall–Kier alpha value is -7.57. The maximum Gasteiger partial charge on any atom is 0.167 e. The van der Waals surface area contributed by atoms with Crippen molar-refractivity contribution < 1.29 is 8.83 Å². The highest BCUT2D eigenvalue weighted by molar-refractivity contribution is 6.19. The Bertz CT molecular complexity index is 3400. The van der Waals surface area contributed by atoms with Gasteiger partial charge in [0, 0.05) is 38.4 Å². The summed E-state index contributed by atoms with van der Waals surface area (Å²) in [5.74, 6) is 2.05. The van der Waals surface area contributed by atoms with Gasteiger partial charge in [0.2, 0.25) is 0 Å². The minimum Gasteiger partial charge on any atom is -0.456 e. The number of furan rings is 2. The predicted molar refractivity (Wildman–Crippen MR) is 231 cm³/mol. The van der Waals surface area contributed by atoms with Gasteiger partial charge in [-0.2, -0.15) is 0 Å². The number of fused-ring (bicyclic) bond motifs is 9. The van der Waals surface area contributed by atoms with E-state index in [0.29, 0.717) is 11.6 Å². The predicted octanol–water partition coefficient (Wildman–Crippen LogP) is 13.4. The molecular weight excluding hydrogens is 701 g/mol. The van der Waals surface area contributed by atoms with Gasteiger partial charge in [-0.3, -0.25) is 0 Å². The van der Waals surface area contributed by atoms with Crippen molar-refractivity contribution in [3.05, 3.63) is 182 Å². The Balaban J connectivity index is 1.05. The van der Waals surface area contributed by atoms with Crippen molar-refractivity contribution in [1.82, 2.24) is 19.5 Å². The maximum atomic E-state index is 6.84. The zero-order chi connectivity index (χ0) is 37.5. The molecule has 6 nitrogen and oxygen atoms in total. The first-order chi connectivity index (χ1) is 28.3. The molecule has 12 rings (SSSR count). The van der Waals surface area contributed by atoms with Crippen LogP contribution in [0.5, 0.6) is 0 Å². The van der Waals surface area contributed by atoms with E-state index in [1.165, 1.54) is 10.8 Å². The van der Waals surface area contributed by atoms with Crippen molar-refractivity contribution in [1.29, 1.82) is 0 Å². The lowest BCUT2D eigenvalue weighted by atomic mass is 9.97. The first-order valence-electron chi connectivity index (χ1n) is 19.3. The van der Waals surface area contributed by atoms with Crippen molar-refractivity contribution in [2.75, 3.05) is 0 Å². The minimum atomic E-state index is 0.0637. The molecular formula is C51H32N4O2. The van der Waals surface area contributed by atoms with Gasteiger partial charge in [-0.1, -0.05) is 127 Å². The first kappa shape index (κ1) is 31.7. The van der Waals surface area contributed by atoms with Crippen LogP contribution in [0.25, 0.3) is 105 Å². The molecule has 4 aromatic heterocycles. The van der Waals surface area contributed by atoms with Crippen LogP contribution in [0.15, 0.2) is 185 Å². The molecule has 7 aromatic carbocycles. The highest BCUT2D eigenvalue weighted by Crippen LogP contribution is 2.44. The summed E-state index contributed by atoms with van der Waals surface area (Å²) in [5, 5.41) is 6.63. The molecule has 0 N–H and O–H groups in total. The van der Waals surface area contributed by atoms with E-state index in [1.807, 2.05) is 36.4 Å². The maximum absolute atomic E-state index is 6.84. The summed E-state index contributed by atoms with van der Waals surface area (Å²) in [6, 6.07) is 52.8. The van der Waals surface area contributed by atoms with E-state index < -0.39 is 0 Å². The molecule has 0 amide bonds. The average Bonchev–Trinajstić information content (AvgIpc) is 3.96. The Morgan fingerprint density at radius 3 is 2.00 bits per heavy atom. The lowest BCUT2D eigenvalue weighted by Gasteiger charge is -2.14. The zero-order valence-electron chi connectivity index (χ0n) is 30.6. The zero-order valence-corrected chi connectivity index (χ0v) is 30.6. The molecule has 1 aliphatic carbocycles. The van der Waals surface area contributed by atoms with Crippen LogP contribution in [0, 0.1) is 0 Å². The quantitative estimate of drug-likeness (QED) is 0.176. The number of benzene rings is 7. The van der Waals surface area contributed by atoms with E-state index in [1.54, 1.807) is 0 Å². The van der Waals surface area contributed by atoms with Crippen LogP contribution in [0.3, 0.4) is 0 Å². The number of rotatable bonds is 5. The molecule has 11 aromatic rings. The van der Waals surface area contributed by atoms with Crippen molar-refractivity contribution >= 4 is 65.7 Å². The monoisotopic (exact) mass is 732 g/mol. The molecule has 0 fully saturated rings. The van der Waals surface area contributed by atoms with Crippen LogP contribution in [0.2, 0.25) is 0 Å². The van der Waals surface area contributed by atoms with Gasteiger partial charge in [0.05, 0.1) is 27.7 Å². The summed E-state index contributed by atoms with van der Waals surface area (Å²) in [5.41, 5.74) is 10.5. The number of hydrogen-bond acceptors (Lipinski definition) is 5. The van der Waals surface area contributed by atoms with Crippen LogP contribution in [-0.4, -0.2) is 19.5 Å². The summed E-state index contributed by atoms with van der Waals surface area (Å²) in [6.07, 6.45) is 9.29. The molecule has 0 spiro atoms. The van der Waals surface area contributed by atoms with E-state index in [4.69, 9.17) is 23.8 Å². The summed E-state index contributed by atoms with van der Waals surface area (Å²) in [4.78, 5) is 15.1. The smallest absolute Gasteiger partial charge is 0.167 e. The van der Waals surface area contributed by atoms with Gasteiger partial charge >= 0.3 is 0 Å². The molecule has 0 bridgehead atoms. The number of allylic oxidation sites excluding steroid dienone is 4. The van der Waals surface area contributed by atoms with Crippen molar-refractivity contribution in [2.45, 2.75) is 12.3 Å². The van der Waals surface area contributed by atoms with E-state index in [2.05, 4.69) is 144 Å². The Kier molecular flexibility index (Phi) is 6.95. The molecule has 0 aliphatic heterocycles. The Morgan fingerprint density at radius 2 is 1.19 bits per heavy atom. The lowest BCUT2D eigenvalue weighted by molar-refractivity contribution is 0.668. The van der Waals surface area contributed by atoms with E-state index in [-0.39, 0.29) is 5.92 Å². The second-order valence-corrected chi connectivity index (χ2v) is 14.7. The number of nitrogens with zero attached hydrogens (tertiary/aromatic N) is 4. The van der Waals surface area contributed by atoms with Gasteiger partial charge in [-0.25, -0.2) is 15.0 Å². The molecule has 0 saturated carbocycles. The van der Waals surface area contributed by atoms with E-state index in [0.717, 1.165) is 95.1 Å². The average molecular weight is 733 g/mol. The number of hydrogen-bond donors (Lipinski definition) is 0. The third-order valence-corrected chi connectivity index (χ3v) is 11.4. The summed E-state index contributed by atoms with van der Waals surface area (Å²) < 4.78 is 15.8. The van der Waals surface area contributed by atoms with Crippen LogP contribution in [0.1, 0.15) is 18.2 Å². The van der Waals surface area contributed by atoms with Gasteiger partial charge in [0.1, 0.15) is 28.2 Å². The topological polar surface area (TPSA) is 69.9 Å². The molecule has 1 aliphatic rings. The molecule has 1 unspecified atom stereocenters. The van der Waals surface area contributed by atoms with Crippen LogP contribution >= 0.6 is 0 Å². The second kappa shape index (κ2) is 12.5. The van der Waals surface area contributed by atoms with Crippen molar-refractivity contribution in [2.24, 2.45) is 0 Å². The van der Waals surface area contributed by atoms with Gasteiger partial charge in [0.25, 0.3) is 0 Å². The summed E-state index contributed by atoms with van der Waals surface area (Å²) in [6.45, 7) is 0. The highest BCUT2D eigenvalue weighted by Gasteiger charge is 2.23. The largest absolute Gasteiger partial charge is 0.456 e. The molecule has 0 saturated heterocycles. The van der Waals surface area contributed by atoms with Crippen LogP contribution in [-0.2, 0) is 0 Å².